The molecule has 1 heterocycles. The fourth-order valence-electron chi connectivity index (χ4n) is 3.24. The highest BCUT2D eigenvalue weighted by Gasteiger charge is 2.14. The van der Waals surface area contributed by atoms with Crippen LogP contribution in [0.5, 0.6) is 0 Å². The summed E-state index contributed by atoms with van der Waals surface area (Å²) in [5, 5.41) is 5.70. The quantitative estimate of drug-likeness (QED) is 0.509. The number of carbonyl (C=O) groups excluding carboxylic acids is 1. The lowest BCUT2D eigenvalue weighted by atomic mass is 10.0. The predicted molar refractivity (Wildman–Crippen MR) is 102 cm³/mol. The van der Waals surface area contributed by atoms with Gasteiger partial charge in [-0.1, -0.05) is 48.5 Å². The van der Waals surface area contributed by atoms with E-state index in [-0.39, 0.29) is 11.8 Å². The van der Waals surface area contributed by atoms with E-state index in [9.17, 15) is 4.79 Å². The highest BCUT2D eigenvalue weighted by atomic mass is 16.3. The summed E-state index contributed by atoms with van der Waals surface area (Å²) in [7, 11) is 0. The Morgan fingerprint density at radius 2 is 1.64 bits per heavy atom. The average molecular weight is 329 g/mol. The summed E-state index contributed by atoms with van der Waals surface area (Å²) in [6, 6.07) is 24.1. The van der Waals surface area contributed by atoms with E-state index in [1.54, 1.807) is 6.92 Å². The van der Waals surface area contributed by atoms with E-state index in [0.29, 0.717) is 6.42 Å². The van der Waals surface area contributed by atoms with Crippen molar-refractivity contribution in [3.8, 4) is 0 Å². The number of rotatable bonds is 5. The van der Waals surface area contributed by atoms with Crippen LogP contribution in [-0.2, 0) is 4.79 Å². The van der Waals surface area contributed by atoms with Gasteiger partial charge in [0.2, 0.25) is 0 Å². The number of furan rings is 1. The van der Waals surface area contributed by atoms with Crippen molar-refractivity contribution in [1.29, 1.82) is 0 Å². The first kappa shape index (κ1) is 15.5. The molecule has 25 heavy (non-hydrogen) atoms. The molecular formula is C22H19NO2. The minimum Gasteiger partial charge on any atom is -0.456 e. The summed E-state index contributed by atoms with van der Waals surface area (Å²) in [4.78, 5) is 11.7. The Morgan fingerprint density at radius 1 is 0.920 bits per heavy atom. The van der Waals surface area contributed by atoms with Crippen LogP contribution in [0.1, 0.15) is 24.9 Å². The Kier molecular flexibility index (Phi) is 3.98. The molecule has 3 aromatic carbocycles. The fraction of sp³-hybridized carbons (Fsp3) is 0.136. The number of hydrogen-bond donors (Lipinski definition) is 1. The number of anilines is 1. The number of ketones is 1. The Morgan fingerprint density at radius 3 is 2.44 bits per heavy atom. The molecule has 0 saturated carbocycles. The van der Waals surface area contributed by atoms with Gasteiger partial charge in [-0.05, 0) is 30.7 Å². The van der Waals surface area contributed by atoms with Gasteiger partial charge in [-0.25, -0.2) is 0 Å². The smallest absolute Gasteiger partial charge is 0.137 e. The van der Waals surface area contributed by atoms with E-state index in [1.807, 2.05) is 60.7 Å². The van der Waals surface area contributed by atoms with Gasteiger partial charge in [0.05, 0.1) is 6.04 Å². The van der Waals surface area contributed by atoms with Crippen molar-refractivity contribution in [2.24, 2.45) is 0 Å². The van der Waals surface area contributed by atoms with Gasteiger partial charge in [-0.2, -0.15) is 0 Å². The maximum atomic E-state index is 11.7. The van der Waals surface area contributed by atoms with Crippen molar-refractivity contribution < 1.29 is 9.21 Å². The molecule has 4 aromatic rings. The normalized spacial score (nSPS) is 12.4. The first-order valence-corrected chi connectivity index (χ1v) is 8.43. The monoisotopic (exact) mass is 329 g/mol. The zero-order valence-corrected chi connectivity index (χ0v) is 14.0. The highest BCUT2D eigenvalue weighted by Crippen LogP contribution is 2.32. The molecule has 1 atom stereocenters. The summed E-state index contributed by atoms with van der Waals surface area (Å²) >= 11 is 0. The summed E-state index contributed by atoms with van der Waals surface area (Å²) in [6.07, 6.45) is 0.447. The van der Waals surface area contributed by atoms with Crippen molar-refractivity contribution in [1.82, 2.24) is 0 Å². The van der Waals surface area contributed by atoms with Crippen molar-refractivity contribution in [3.63, 3.8) is 0 Å². The molecule has 3 heteroatoms. The first-order valence-electron chi connectivity index (χ1n) is 8.43. The standard InChI is InChI=1S/C22H19NO2/c1-15(24)13-20(16-7-3-2-4-8-16)23-17-11-12-19-18-9-5-6-10-21(18)25-22(19)14-17/h2-12,14,20,23H,13H2,1H3. The first-order chi connectivity index (χ1) is 12.2. The fourth-order valence-corrected chi connectivity index (χ4v) is 3.24. The van der Waals surface area contributed by atoms with Gasteiger partial charge < -0.3 is 9.73 Å². The average Bonchev–Trinajstić information content (AvgIpc) is 2.99. The minimum atomic E-state index is -0.0551. The van der Waals surface area contributed by atoms with Gasteiger partial charge in [-0.15, -0.1) is 0 Å². The third kappa shape index (κ3) is 3.13. The molecular weight excluding hydrogens is 310 g/mol. The molecule has 0 spiro atoms. The van der Waals surface area contributed by atoms with Crippen LogP contribution in [0.3, 0.4) is 0 Å². The summed E-state index contributed by atoms with van der Waals surface area (Å²) < 4.78 is 5.95. The summed E-state index contributed by atoms with van der Waals surface area (Å²) in [5.74, 6) is 0.158. The van der Waals surface area contributed by atoms with Gasteiger partial charge in [-0.3, -0.25) is 4.79 Å². The lowest BCUT2D eigenvalue weighted by Crippen LogP contribution is -2.14. The third-order valence-corrected chi connectivity index (χ3v) is 4.41. The zero-order chi connectivity index (χ0) is 17.2. The van der Waals surface area contributed by atoms with E-state index >= 15 is 0 Å². The second-order valence-electron chi connectivity index (χ2n) is 6.32. The highest BCUT2D eigenvalue weighted by molar-refractivity contribution is 6.05. The lowest BCUT2D eigenvalue weighted by molar-refractivity contribution is -0.117. The van der Waals surface area contributed by atoms with E-state index in [4.69, 9.17) is 4.42 Å². The Bertz CT molecular complexity index is 1030. The van der Waals surface area contributed by atoms with Crippen LogP contribution in [0.15, 0.2) is 77.2 Å². The second-order valence-corrected chi connectivity index (χ2v) is 6.32. The number of Topliss-reactive ketones (excluding diaryl/α,β-unsaturated/α-hetero) is 1. The summed E-state index contributed by atoms with van der Waals surface area (Å²) in [6.45, 7) is 1.63. The van der Waals surface area contributed by atoms with Crippen LogP contribution in [0.4, 0.5) is 5.69 Å². The topological polar surface area (TPSA) is 42.2 Å². The minimum absolute atomic E-state index is 0.0551. The molecule has 1 unspecified atom stereocenters. The van der Waals surface area contributed by atoms with Crippen LogP contribution in [0.2, 0.25) is 0 Å². The van der Waals surface area contributed by atoms with E-state index in [0.717, 1.165) is 33.2 Å². The number of carbonyl (C=O) groups is 1. The Hall–Kier alpha value is -3.07. The third-order valence-electron chi connectivity index (χ3n) is 4.41. The molecule has 124 valence electrons. The van der Waals surface area contributed by atoms with E-state index < -0.39 is 0 Å². The molecule has 0 aliphatic heterocycles. The number of para-hydroxylation sites is 1. The van der Waals surface area contributed by atoms with Crippen LogP contribution in [0.25, 0.3) is 21.9 Å². The largest absolute Gasteiger partial charge is 0.456 e. The van der Waals surface area contributed by atoms with Gasteiger partial charge in [0.15, 0.2) is 0 Å². The zero-order valence-electron chi connectivity index (χ0n) is 14.0. The number of benzene rings is 3. The second kappa shape index (κ2) is 6.44. The molecule has 0 aliphatic carbocycles. The van der Waals surface area contributed by atoms with Gasteiger partial charge in [0.25, 0.3) is 0 Å². The van der Waals surface area contributed by atoms with Crippen molar-refractivity contribution in [2.75, 3.05) is 5.32 Å². The molecule has 0 bridgehead atoms. The maximum Gasteiger partial charge on any atom is 0.137 e. The summed E-state index contributed by atoms with van der Waals surface area (Å²) in [5.41, 5.74) is 3.78. The van der Waals surface area contributed by atoms with E-state index in [2.05, 4.69) is 17.4 Å². The van der Waals surface area contributed by atoms with Crippen LogP contribution < -0.4 is 5.32 Å². The molecule has 0 radical (unpaired) electrons. The maximum absolute atomic E-state index is 11.7. The molecule has 1 N–H and O–H groups in total. The predicted octanol–water partition coefficient (Wildman–Crippen LogP) is 5.72. The van der Waals surface area contributed by atoms with Gasteiger partial charge in [0.1, 0.15) is 16.9 Å². The van der Waals surface area contributed by atoms with Gasteiger partial charge >= 0.3 is 0 Å². The molecule has 0 saturated heterocycles. The van der Waals surface area contributed by atoms with Crippen LogP contribution >= 0.6 is 0 Å². The van der Waals surface area contributed by atoms with Crippen molar-refractivity contribution in [3.05, 3.63) is 78.4 Å². The molecule has 1 aromatic heterocycles. The number of hydrogen-bond acceptors (Lipinski definition) is 3. The van der Waals surface area contributed by atoms with Crippen LogP contribution in [0, 0.1) is 0 Å². The molecule has 0 aliphatic rings. The lowest BCUT2D eigenvalue weighted by Gasteiger charge is -2.19. The van der Waals surface area contributed by atoms with Crippen molar-refractivity contribution in [2.45, 2.75) is 19.4 Å². The molecule has 0 amide bonds. The van der Waals surface area contributed by atoms with Crippen LogP contribution in [-0.4, -0.2) is 5.78 Å². The number of nitrogens with one attached hydrogen (secondary N) is 1. The van der Waals surface area contributed by atoms with Crippen molar-refractivity contribution >= 4 is 33.4 Å². The van der Waals surface area contributed by atoms with Gasteiger partial charge in [0, 0.05) is 28.9 Å². The SMILES string of the molecule is CC(=O)CC(Nc1ccc2c(c1)oc1ccccc12)c1ccccc1. The Labute approximate surface area is 146 Å². The number of fused-ring (bicyclic) bond motifs is 3. The van der Waals surface area contributed by atoms with E-state index in [1.165, 1.54) is 0 Å². The Balaban J connectivity index is 1.70. The molecule has 3 nitrogen and oxygen atoms in total. The molecule has 4 rings (SSSR count). The molecule has 0 fully saturated rings.